The predicted octanol–water partition coefficient (Wildman–Crippen LogP) is 1.83. The van der Waals surface area contributed by atoms with Crippen LogP contribution in [0.15, 0.2) is 5.16 Å². The minimum atomic E-state index is -4.18. The van der Waals surface area contributed by atoms with Crippen LogP contribution in [0.3, 0.4) is 0 Å². The lowest BCUT2D eigenvalue weighted by atomic mass is 10.1. The van der Waals surface area contributed by atoms with Gasteiger partial charge in [0.1, 0.15) is 5.84 Å². The number of nitrogens with two attached hydrogens (primary N) is 1. The van der Waals surface area contributed by atoms with E-state index in [1.807, 2.05) is 6.92 Å². The maximum absolute atomic E-state index is 12.1. The van der Waals surface area contributed by atoms with Crippen molar-refractivity contribution >= 4 is 5.84 Å². The summed E-state index contributed by atoms with van der Waals surface area (Å²) in [5.74, 6) is 0.0126. The number of hydrogen-bond acceptors (Lipinski definition) is 3. The highest BCUT2D eigenvalue weighted by molar-refractivity contribution is 5.80. The molecule has 4 N–H and O–H groups in total. The molecule has 16 heavy (non-hydrogen) atoms. The molecule has 0 aliphatic rings. The van der Waals surface area contributed by atoms with Gasteiger partial charge in [0, 0.05) is 18.5 Å². The molecule has 0 bridgehead atoms. The average molecular weight is 241 g/mol. The highest BCUT2D eigenvalue weighted by atomic mass is 19.4. The van der Waals surface area contributed by atoms with Crippen molar-refractivity contribution in [3.63, 3.8) is 0 Å². The summed E-state index contributed by atoms with van der Waals surface area (Å²) >= 11 is 0. The average Bonchev–Trinajstić information content (AvgIpc) is 2.13. The Morgan fingerprint density at radius 2 is 2.06 bits per heavy atom. The van der Waals surface area contributed by atoms with E-state index in [1.165, 1.54) is 6.92 Å². The van der Waals surface area contributed by atoms with Crippen molar-refractivity contribution in [1.29, 1.82) is 0 Å². The molecule has 0 radical (unpaired) electrons. The predicted molar refractivity (Wildman–Crippen MR) is 55.4 cm³/mol. The Morgan fingerprint density at radius 3 is 2.44 bits per heavy atom. The molecule has 96 valence electrons. The number of nitrogens with one attached hydrogen (secondary N) is 1. The van der Waals surface area contributed by atoms with Crippen molar-refractivity contribution in [3.8, 4) is 0 Å². The van der Waals surface area contributed by atoms with Crippen molar-refractivity contribution in [2.75, 3.05) is 0 Å². The normalized spacial score (nSPS) is 17.2. The highest BCUT2D eigenvalue weighted by Gasteiger charge is 2.30. The van der Waals surface area contributed by atoms with Crippen LogP contribution in [0.5, 0.6) is 0 Å². The van der Waals surface area contributed by atoms with E-state index in [1.54, 1.807) is 0 Å². The molecule has 2 unspecified atom stereocenters. The van der Waals surface area contributed by atoms with Crippen molar-refractivity contribution in [2.24, 2.45) is 10.9 Å². The molecule has 0 rings (SSSR count). The zero-order valence-corrected chi connectivity index (χ0v) is 9.38. The lowest BCUT2D eigenvalue weighted by molar-refractivity contribution is -0.139. The largest absolute Gasteiger partial charge is 0.409 e. The van der Waals surface area contributed by atoms with Crippen LogP contribution in [-0.4, -0.2) is 29.3 Å². The van der Waals surface area contributed by atoms with Crippen LogP contribution in [0.2, 0.25) is 0 Å². The topological polar surface area (TPSA) is 70.6 Å². The Hall–Kier alpha value is -0.980. The van der Waals surface area contributed by atoms with Crippen molar-refractivity contribution in [2.45, 2.75) is 51.4 Å². The third-order valence-corrected chi connectivity index (χ3v) is 2.13. The van der Waals surface area contributed by atoms with Gasteiger partial charge in [-0.1, -0.05) is 12.1 Å². The van der Waals surface area contributed by atoms with Gasteiger partial charge >= 0.3 is 6.18 Å². The quantitative estimate of drug-likeness (QED) is 0.287. The van der Waals surface area contributed by atoms with E-state index in [-0.39, 0.29) is 18.3 Å². The van der Waals surface area contributed by atoms with Crippen LogP contribution in [0.4, 0.5) is 13.2 Å². The molecule has 7 heteroatoms. The van der Waals surface area contributed by atoms with Crippen molar-refractivity contribution in [3.05, 3.63) is 0 Å². The highest BCUT2D eigenvalue weighted by Crippen LogP contribution is 2.21. The third-order valence-electron chi connectivity index (χ3n) is 2.13. The van der Waals surface area contributed by atoms with Gasteiger partial charge in [-0.3, -0.25) is 0 Å². The van der Waals surface area contributed by atoms with E-state index < -0.39 is 18.6 Å². The lowest BCUT2D eigenvalue weighted by Gasteiger charge is -2.22. The van der Waals surface area contributed by atoms with Crippen LogP contribution in [-0.2, 0) is 0 Å². The van der Waals surface area contributed by atoms with Gasteiger partial charge in [0.25, 0.3) is 0 Å². The van der Waals surface area contributed by atoms with Gasteiger partial charge in [0.15, 0.2) is 0 Å². The fourth-order valence-electron chi connectivity index (χ4n) is 1.42. The Morgan fingerprint density at radius 1 is 1.50 bits per heavy atom. The number of amidine groups is 1. The standard InChI is InChI=1S/C9H18F3N3O/c1-3-7(4-8(13)15-16)14-6(2)5-9(10,11)12/h6-7,14,16H,3-5H2,1-2H3,(H2,13,15). The number of oxime groups is 1. The first-order chi connectivity index (χ1) is 7.28. The summed E-state index contributed by atoms with van der Waals surface area (Å²) in [6.07, 6.45) is -4.23. The monoisotopic (exact) mass is 241 g/mol. The summed E-state index contributed by atoms with van der Waals surface area (Å²) in [6, 6.07) is -0.898. The van der Waals surface area contributed by atoms with Crippen molar-refractivity contribution in [1.82, 2.24) is 5.32 Å². The summed E-state index contributed by atoms with van der Waals surface area (Å²) in [6.45, 7) is 3.28. The fraction of sp³-hybridized carbons (Fsp3) is 0.889. The lowest BCUT2D eigenvalue weighted by Crippen LogP contribution is -2.40. The van der Waals surface area contributed by atoms with Gasteiger partial charge < -0.3 is 16.3 Å². The molecule has 0 aliphatic carbocycles. The van der Waals surface area contributed by atoms with E-state index in [0.717, 1.165) is 0 Å². The molecular formula is C9H18F3N3O. The van der Waals surface area contributed by atoms with E-state index >= 15 is 0 Å². The zero-order chi connectivity index (χ0) is 12.8. The summed E-state index contributed by atoms with van der Waals surface area (Å²) in [7, 11) is 0. The number of rotatable bonds is 6. The molecule has 0 aromatic heterocycles. The van der Waals surface area contributed by atoms with Gasteiger partial charge in [0.2, 0.25) is 0 Å². The molecule has 0 saturated heterocycles. The van der Waals surface area contributed by atoms with Crippen LogP contribution in [0.25, 0.3) is 0 Å². The molecular weight excluding hydrogens is 223 g/mol. The molecule has 0 fully saturated rings. The second kappa shape index (κ2) is 6.57. The van der Waals surface area contributed by atoms with Crippen LogP contribution >= 0.6 is 0 Å². The smallest absolute Gasteiger partial charge is 0.390 e. The van der Waals surface area contributed by atoms with E-state index in [4.69, 9.17) is 10.9 Å². The van der Waals surface area contributed by atoms with E-state index in [0.29, 0.717) is 6.42 Å². The second-order valence-electron chi connectivity index (χ2n) is 3.79. The van der Waals surface area contributed by atoms with Gasteiger partial charge in [0.05, 0.1) is 6.42 Å². The second-order valence-corrected chi connectivity index (χ2v) is 3.79. The van der Waals surface area contributed by atoms with Crippen LogP contribution < -0.4 is 11.1 Å². The molecule has 0 aromatic carbocycles. The number of halogens is 3. The SMILES string of the molecule is CCC(CC(N)=NO)NC(C)CC(F)(F)F. The summed E-state index contributed by atoms with van der Waals surface area (Å²) in [4.78, 5) is 0. The molecule has 0 aromatic rings. The maximum Gasteiger partial charge on any atom is 0.390 e. The Balaban J connectivity index is 4.12. The first kappa shape index (κ1) is 15.0. The number of nitrogens with zero attached hydrogens (tertiary/aromatic N) is 1. The summed E-state index contributed by atoms with van der Waals surface area (Å²) in [5, 5.41) is 13.9. The Bertz CT molecular complexity index is 231. The maximum atomic E-state index is 12.1. The number of hydrogen-bond donors (Lipinski definition) is 3. The van der Waals surface area contributed by atoms with Crippen LogP contribution in [0, 0.1) is 0 Å². The zero-order valence-electron chi connectivity index (χ0n) is 9.38. The summed E-state index contributed by atoms with van der Waals surface area (Å²) < 4.78 is 36.2. The first-order valence-corrected chi connectivity index (χ1v) is 5.07. The molecule has 0 amide bonds. The Labute approximate surface area is 92.7 Å². The van der Waals surface area contributed by atoms with Gasteiger partial charge in [-0.2, -0.15) is 13.2 Å². The van der Waals surface area contributed by atoms with Gasteiger partial charge in [-0.05, 0) is 13.3 Å². The molecule has 0 saturated carbocycles. The van der Waals surface area contributed by atoms with E-state index in [9.17, 15) is 13.2 Å². The molecule has 0 heterocycles. The Kier molecular flexibility index (Phi) is 6.17. The fourth-order valence-corrected chi connectivity index (χ4v) is 1.42. The van der Waals surface area contributed by atoms with Gasteiger partial charge in [-0.25, -0.2) is 0 Å². The minimum Gasteiger partial charge on any atom is -0.409 e. The van der Waals surface area contributed by atoms with Gasteiger partial charge in [-0.15, -0.1) is 0 Å². The molecule has 4 nitrogen and oxygen atoms in total. The number of alkyl halides is 3. The van der Waals surface area contributed by atoms with Crippen molar-refractivity contribution < 1.29 is 18.4 Å². The molecule has 0 aliphatic heterocycles. The third kappa shape index (κ3) is 7.33. The van der Waals surface area contributed by atoms with Crippen LogP contribution in [0.1, 0.15) is 33.1 Å². The molecule has 2 atom stereocenters. The first-order valence-electron chi connectivity index (χ1n) is 5.07. The van der Waals surface area contributed by atoms with E-state index in [2.05, 4.69) is 10.5 Å². The molecule has 0 spiro atoms. The minimum absolute atomic E-state index is 0.0126. The summed E-state index contributed by atoms with van der Waals surface area (Å²) in [5.41, 5.74) is 5.29.